The van der Waals surface area contributed by atoms with Gasteiger partial charge >= 0.3 is 0 Å². The molecule has 0 heterocycles. The Hall–Kier alpha value is -1.48. The Kier molecular flexibility index (Phi) is 14.3. The normalized spacial score (nSPS) is 7.88. The predicted octanol–water partition coefficient (Wildman–Crippen LogP) is 4.92. The molecule has 16 heavy (non-hydrogen) atoms. The summed E-state index contributed by atoms with van der Waals surface area (Å²) in [7, 11) is 0. The zero-order chi connectivity index (χ0) is 12.8. The van der Waals surface area contributed by atoms with Gasteiger partial charge in [-0.05, 0) is 41.5 Å². The van der Waals surface area contributed by atoms with Crippen LogP contribution in [0.1, 0.15) is 38.8 Å². The number of benzene rings is 1. The van der Waals surface area contributed by atoms with Crippen molar-refractivity contribution in [3.05, 3.63) is 47.5 Å². The van der Waals surface area contributed by atoms with Gasteiger partial charge < -0.3 is 0 Å². The van der Waals surface area contributed by atoms with Gasteiger partial charge in [0.15, 0.2) is 0 Å². The molecule has 0 bridgehead atoms. The van der Waals surface area contributed by atoms with E-state index in [0.29, 0.717) is 0 Å². The van der Waals surface area contributed by atoms with Crippen LogP contribution in [0.3, 0.4) is 0 Å². The third-order valence-corrected chi connectivity index (χ3v) is 1.80. The van der Waals surface area contributed by atoms with Crippen molar-refractivity contribution in [1.29, 1.82) is 0 Å². The van der Waals surface area contributed by atoms with Crippen molar-refractivity contribution < 1.29 is 0 Å². The van der Waals surface area contributed by atoms with Crippen molar-refractivity contribution in [2.45, 2.75) is 41.5 Å². The van der Waals surface area contributed by atoms with Crippen molar-refractivity contribution in [3.63, 3.8) is 0 Å². The maximum Gasteiger partial charge on any atom is -0.00271 e. The SMILES string of the molecule is C/C=C/C.CC#CC.Cc1ccc(C)cc1. The summed E-state index contributed by atoms with van der Waals surface area (Å²) < 4.78 is 0. The summed E-state index contributed by atoms with van der Waals surface area (Å²) in [4.78, 5) is 0. The van der Waals surface area contributed by atoms with Crippen LogP contribution in [0, 0.1) is 25.7 Å². The van der Waals surface area contributed by atoms with Crippen LogP contribution in [0.4, 0.5) is 0 Å². The Labute approximate surface area is 101 Å². The van der Waals surface area contributed by atoms with Crippen molar-refractivity contribution >= 4 is 0 Å². The Morgan fingerprint density at radius 3 is 1.12 bits per heavy atom. The average molecular weight is 216 g/mol. The highest BCUT2D eigenvalue weighted by molar-refractivity contribution is 5.19. The van der Waals surface area contributed by atoms with E-state index in [0.717, 1.165) is 0 Å². The van der Waals surface area contributed by atoms with Gasteiger partial charge in [0.25, 0.3) is 0 Å². The summed E-state index contributed by atoms with van der Waals surface area (Å²) in [5.74, 6) is 5.36. The first-order chi connectivity index (χ1) is 7.62. The van der Waals surface area contributed by atoms with Crippen molar-refractivity contribution in [3.8, 4) is 11.8 Å². The lowest BCUT2D eigenvalue weighted by Gasteiger charge is -1.90. The van der Waals surface area contributed by atoms with E-state index >= 15 is 0 Å². The summed E-state index contributed by atoms with van der Waals surface area (Å²) >= 11 is 0. The fourth-order valence-corrected chi connectivity index (χ4v) is 0.637. The zero-order valence-electron chi connectivity index (χ0n) is 11.5. The Morgan fingerprint density at radius 1 is 0.750 bits per heavy atom. The number of hydrogen-bond acceptors (Lipinski definition) is 0. The highest BCUT2D eigenvalue weighted by Gasteiger charge is 1.79. The lowest BCUT2D eigenvalue weighted by atomic mass is 10.2. The highest BCUT2D eigenvalue weighted by atomic mass is 13.9. The van der Waals surface area contributed by atoms with E-state index in [4.69, 9.17) is 0 Å². The first kappa shape index (κ1) is 16.9. The molecule has 0 aliphatic carbocycles. The van der Waals surface area contributed by atoms with Crippen LogP contribution in [0.5, 0.6) is 0 Å². The van der Waals surface area contributed by atoms with Gasteiger partial charge in [0.1, 0.15) is 0 Å². The second kappa shape index (κ2) is 13.5. The topological polar surface area (TPSA) is 0 Å². The number of hydrogen-bond donors (Lipinski definition) is 0. The molecule has 0 radical (unpaired) electrons. The maximum absolute atomic E-state index is 2.68. The van der Waals surface area contributed by atoms with Crippen molar-refractivity contribution in [2.75, 3.05) is 0 Å². The van der Waals surface area contributed by atoms with Gasteiger partial charge in [0, 0.05) is 0 Å². The molecule has 0 amide bonds. The van der Waals surface area contributed by atoms with Gasteiger partial charge in [-0.25, -0.2) is 0 Å². The molecular formula is C16H24. The van der Waals surface area contributed by atoms with Crippen LogP contribution in [0.15, 0.2) is 36.4 Å². The van der Waals surface area contributed by atoms with E-state index in [1.54, 1.807) is 0 Å². The third-order valence-electron chi connectivity index (χ3n) is 1.80. The molecule has 0 heteroatoms. The minimum atomic E-state index is 1.33. The molecule has 0 N–H and O–H groups in total. The number of rotatable bonds is 0. The summed E-state index contributed by atoms with van der Waals surface area (Å²) in [6.45, 7) is 11.8. The van der Waals surface area contributed by atoms with E-state index in [1.807, 2.05) is 39.8 Å². The molecule has 0 fully saturated rings. The van der Waals surface area contributed by atoms with Crippen LogP contribution in [-0.2, 0) is 0 Å². The Morgan fingerprint density at radius 2 is 1.00 bits per heavy atom. The number of aryl methyl sites for hydroxylation is 2. The molecule has 0 aliphatic rings. The predicted molar refractivity (Wildman–Crippen MR) is 75.5 cm³/mol. The van der Waals surface area contributed by atoms with E-state index in [1.165, 1.54) is 11.1 Å². The Balaban J connectivity index is 0. The molecule has 0 saturated heterocycles. The van der Waals surface area contributed by atoms with Gasteiger partial charge in [0.2, 0.25) is 0 Å². The minimum absolute atomic E-state index is 1.33. The lowest BCUT2D eigenvalue weighted by molar-refractivity contribution is 1.40. The fraction of sp³-hybridized carbons (Fsp3) is 0.375. The van der Waals surface area contributed by atoms with Gasteiger partial charge in [-0.1, -0.05) is 47.5 Å². The molecule has 0 atom stereocenters. The van der Waals surface area contributed by atoms with Gasteiger partial charge in [-0.2, -0.15) is 0 Å². The van der Waals surface area contributed by atoms with Crippen LogP contribution in [0.2, 0.25) is 0 Å². The first-order valence-electron chi connectivity index (χ1n) is 5.56. The van der Waals surface area contributed by atoms with Crippen molar-refractivity contribution in [2.24, 2.45) is 0 Å². The molecular weight excluding hydrogens is 192 g/mol. The molecule has 0 aromatic heterocycles. The highest BCUT2D eigenvalue weighted by Crippen LogP contribution is 1.99. The van der Waals surface area contributed by atoms with Crippen LogP contribution in [-0.4, -0.2) is 0 Å². The third kappa shape index (κ3) is 15.0. The van der Waals surface area contributed by atoms with Crippen LogP contribution >= 0.6 is 0 Å². The minimum Gasteiger partial charge on any atom is -0.107 e. The fourth-order valence-electron chi connectivity index (χ4n) is 0.637. The number of allylic oxidation sites excluding steroid dienone is 2. The molecule has 0 saturated carbocycles. The molecule has 1 rings (SSSR count). The van der Waals surface area contributed by atoms with E-state index < -0.39 is 0 Å². The van der Waals surface area contributed by atoms with Gasteiger partial charge in [-0.3, -0.25) is 0 Å². The summed E-state index contributed by atoms with van der Waals surface area (Å²) in [5, 5.41) is 0. The van der Waals surface area contributed by atoms with E-state index in [-0.39, 0.29) is 0 Å². The molecule has 0 nitrogen and oxygen atoms in total. The standard InChI is InChI=1S/C8H10.C4H8.C4H6/c1-7-3-5-8(2)6-4-7;2*1-3-4-2/h3-6H,1-2H3;3-4H,1-2H3;1-2H3/b;4-3+;. The van der Waals surface area contributed by atoms with Gasteiger partial charge in [-0.15, -0.1) is 11.8 Å². The van der Waals surface area contributed by atoms with Gasteiger partial charge in [0.05, 0.1) is 0 Å². The molecule has 0 unspecified atom stereocenters. The average Bonchev–Trinajstić information content (AvgIpc) is 2.33. The second-order valence-corrected chi connectivity index (χ2v) is 3.32. The summed E-state index contributed by atoms with van der Waals surface area (Å²) in [6, 6.07) is 8.48. The first-order valence-corrected chi connectivity index (χ1v) is 5.56. The van der Waals surface area contributed by atoms with Crippen molar-refractivity contribution in [1.82, 2.24) is 0 Å². The van der Waals surface area contributed by atoms with E-state index in [9.17, 15) is 0 Å². The Bertz CT molecular complexity index is 286. The van der Waals surface area contributed by atoms with E-state index in [2.05, 4.69) is 50.0 Å². The smallest absolute Gasteiger partial charge is 0.00271 e. The quantitative estimate of drug-likeness (QED) is 0.427. The molecule has 1 aromatic carbocycles. The maximum atomic E-state index is 2.68. The molecule has 88 valence electrons. The van der Waals surface area contributed by atoms with Crippen LogP contribution in [0.25, 0.3) is 0 Å². The molecule has 1 aromatic rings. The summed E-state index contributed by atoms with van der Waals surface area (Å²) in [5.41, 5.74) is 2.66. The lowest BCUT2D eigenvalue weighted by Crippen LogP contribution is -1.70. The second-order valence-electron chi connectivity index (χ2n) is 3.32. The largest absolute Gasteiger partial charge is 0.107 e. The zero-order valence-corrected chi connectivity index (χ0v) is 11.5. The molecule has 0 spiro atoms. The molecule has 0 aliphatic heterocycles. The van der Waals surface area contributed by atoms with Crippen LogP contribution < -0.4 is 0 Å². The monoisotopic (exact) mass is 216 g/mol. The summed E-state index contributed by atoms with van der Waals surface area (Å²) in [6.07, 6.45) is 4.00.